The third-order valence-corrected chi connectivity index (χ3v) is 5.57. The van der Waals surface area contributed by atoms with Crippen LogP contribution in [-0.4, -0.2) is 41.8 Å². The highest BCUT2D eigenvalue weighted by atomic mass is 16.7. The Balaban J connectivity index is 1.54. The molecule has 0 amide bonds. The van der Waals surface area contributed by atoms with Crippen molar-refractivity contribution in [2.24, 2.45) is 0 Å². The normalized spacial score (nSPS) is 24.8. The van der Waals surface area contributed by atoms with Crippen molar-refractivity contribution in [3.05, 3.63) is 108 Å². The number of ether oxygens (including phenoxy) is 4. The van der Waals surface area contributed by atoms with E-state index < -0.39 is 36.7 Å². The van der Waals surface area contributed by atoms with E-state index in [0.29, 0.717) is 12.2 Å². The van der Waals surface area contributed by atoms with E-state index in [2.05, 4.69) is 0 Å². The van der Waals surface area contributed by atoms with Crippen LogP contribution in [0.4, 0.5) is 0 Å². The lowest BCUT2D eigenvalue weighted by atomic mass is 9.98. The molecule has 6 nitrogen and oxygen atoms in total. The molecule has 1 aliphatic rings. The highest BCUT2D eigenvalue weighted by Crippen LogP contribution is 2.29. The summed E-state index contributed by atoms with van der Waals surface area (Å²) in [6.07, 6.45) is -4.18. The monoisotopic (exact) mass is 448 g/mol. The van der Waals surface area contributed by atoms with Crippen molar-refractivity contribution in [2.75, 3.05) is 0 Å². The van der Waals surface area contributed by atoms with Gasteiger partial charge in [0.25, 0.3) is 0 Å². The maximum atomic E-state index is 12.8. The van der Waals surface area contributed by atoms with Gasteiger partial charge in [0.05, 0.1) is 24.9 Å². The molecule has 1 N–H and O–H groups in total. The molecule has 6 heteroatoms. The van der Waals surface area contributed by atoms with Crippen LogP contribution in [0.15, 0.2) is 91.0 Å². The molecule has 33 heavy (non-hydrogen) atoms. The molecule has 5 unspecified atom stereocenters. The van der Waals surface area contributed by atoms with Crippen molar-refractivity contribution in [2.45, 2.75) is 50.8 Å². The highest BCUT2D eigenvalue weighted by molar-refractivity contribution is 5.89. The van der Waals surface area contributed by atoms with E-state index in [1.807, 2.05) is 73.7 Å². The Morgan fingerprint density at radius 1 is 0.758 bits per heavy atom. The first kappa shape index (κ1) is 23.1. The quantitative estimate of drug-likeness (QED) is 0.523. The maximum absolute atomic E-state index is 12.8. The Kier molecular flexibility index (Phi) is 7.86. The molecule has 5 atom stereocenters. The molecule has 0 radical (unpaired) electrons. The largest absolute Gasteiger partial charge is 0.450 e. The maximum Gasteiger partial charge on any atom is 0.338 e. The second-order valence-corrected chi connectivity index (χ2v) is 7.99. The lowest BCUT2D eigenvalue weighted by molar-refractivity contribution is -0.296. The number of aliphatic hydroxyl groups is 1. The minimum atomic E-state index is -1.34. The van der Waals surface area contributed by atoms with Gasteiger partial charge in [-0.25, -0.2) is 4.79 Å². The number of esters is 1. The zero-order valence-electron chi connectivity index (χ0n) is 18.4. The van der Waals surface area contributed by atoms with Crippen molar-refractivity contribution < 1.29 is 28.8 Å². The molecule has 0 saturated carbocycles. The molecule has 3 aromatic carbocycles. The predicted molar refractivity (Wildman–Crippen MR) is 122 cm³/mol. The molecule has 1 saturated heterocycles. The molecule has 4 rings (SSSR count). The number of carbonyl (C=O) groups is 1. The van der Waals surface area contributed by atoms with Crippen LogP contribution in [0.1, 0.15) is 28.4 Å². The van der Waals surface area contributed by atoms with E-state index in [0.717, 1.165) is 11.1 Å². The summed E-state index contributed by atoms with van der Waals surface area (Å²) in [5.74, 6) is -0.562. The Hall–Kier alpha value is -3.03. The minimum Gasteiger partial charge on any atom is -0.450 e. The van der Waals surface area contributed by atoms with E-state index in [1.54, 1.807) is 24.3 Å². The second-order valence-electron chi connectivity index (χ2n) is 7.99. The Morgan fingerprint density at radius 3 is 1.79 bits per heavy atom. The number of rotatable bonds is 8. The lowest BCUT2D eigenvalue weighted by Gasteiger charge is -2.43. The van der Waals surface area contributed by atoms with Gasteiger partial charge < -0.3 is 24.1 Å². The molecule has 0 spiro atoms. The van der Waals surface area contributed by atoms with Gasteiger partial charge in [-0.1, -0.05) is 78.9 Å². The van der Waals surface area contributed by atoms with Gasteiger partial charge in [0.1, 0.15) is 12.2 Å². The van der Waals surface area contributed by atoms with E-state index in [9.17, 15) is 9.90 Å². The van der Waals surface area contributed by atoms with Gasteiger partial charge in [0, 0.05) is 0 Å². The average Bonchev–Trinajstić information content (AvgIpc) is 2.85. The van der Waals surface area contributed by atoms with Crippen LogP contribution < -0.4 is 0 Å². The van der Waals surface area contributed by atoms with Crippen molar-refractivity contribution >= 4 is 5.97 Å². The van der Waals surface area contributed by atoms with E-state index >= 15 is 0 Å². The van der Waals surface area contributed by atoms with Crippen LogP contribution in [0.3, 0.4) is 0 Å². The number of hydrogen-bond donors (Lipinski definition) is 1. The second kappa shape index (κ2) is 11.2. The van der Waals surface area contributed by atoms with Gasteiger partial charge in [-0.05, 0) is 30.2 Å². The Labute approximate surface area is 193 Å². The lowest BCUT2D eigenvalue weighted by Crippen LogP contribution is -2.59. The molecular formula is C27H28O6. The summed E-state index contributed by atoms with van der Waals surface area (Å²) in [5.41, 5.74) is 2.34. The van der Waals surface area contributed by atoms with Crippen molar-refractivity contribution in [1.82, 2.24) is 0 Å². The minimum absolute atomic E-state index is 0.273. The van der Waals surface area contributed by atoms with Crippen LogP contribution in [0, 0.1) is 0 Å². The smallest absolute Gasteiger partial charge is 0.338 e. The average molecular weight is 449 g/mol. The number of aliphatic hydroxyl groups excluding tert-OH is 1. The summed E-state index contributed by atoms with van der Waals surface area (Å²) in [6.45, 7) is 2.42. The Morgan fingerprint density at radius 2 is 1.24 bits per heavy atom. The fraction of sp³-hybridized carbons (Fsp3) is 0.296. The summed E-state index contributed by atoms with van der Waals surface area (Å²) in [4.78, 5) is 12.8. The SMILES string of the molecule is CC1OC(O)C(OC(=O)c2ccccc2)C(OCc2ccccc2)C1OCc1ccccc1. The van der Waals surface area contributed by atoms with Crippen LogP contribution >= 0.6 is 0 Å². The molecule has 172 valence electrons. The zero-order valence-corrected chi connectivity index (χ0v) is 18.4. The van der Waals surface area contributed by atoms with E-state index in [4.69, 9.17) is 18.9 Å². The van der Waals surface area contributed by atoms with Gasteiger partial charge in [0.2, 0.25) is 0 Å². The van der Waals surface area contributed by atoms with Crippen LogP contribution in [-0.2, 0) is 32.2 Å². The third-order valence-electron chi connectivity index (χ3n) is 5.57. The number of carbonyl (C=O) groups excluding carboxylic acids is 1. The summed E-state index contributed by atoms with van der Waals surface area (Å²) in [5, 5.41) is 10.7. The van der Waals surface area contributed by atoms with Gasteiger partial charge in [-0.15, -0.1) is 0 Å². The molecule has 1 aliphatic heterocycles. The number of hydrogen-bond acceptors (Lipinski definition) is 6. The molecule has 0 aromatic heterocycles. The van der Waals surface area contributed by atoms with E-state index in [1.165, 1.54) is 0 Å². The topological polar surface area (TPSA) is 74.2 Å². The molecule has 0 aliphatic carbocycles. The van der Waals surface area contributed by atoms with Crippen LogP contribution in [0.25, 0.3) is 0 Å². The molecule has 3 aromatic rings. The first-order chi connectivity index (χ1) is 16.1. The fourth-order valence-electron chi connectivity index (χ4n) is 3.84. The first-order valence-corrected chi connectivity index (χ1v) is 11.0. The Bertz CT molecular complexity index is 995. The highest BCUT2D eigenvalue weighted by Gasteiger charge is 2.47. The summed E-state index contributed by atoms with van der Waals surface area (Å²) in [7, 11) is 0. The number of benzene rings is 3. The molecule has 1 fully saturated rings. The van der Waals surface area contributed by atoms with Crippen molar-refractivity contribution in [1.29, 1.82) is 0 Å². The molecule has 1 heterocycles. The van der Waals surface area contributed by atoms with Crippen molar-refractivity contribution in [3.8, 4) is 0 Å². The third kappa shape index (κ3) is 6.06. The van der Waals surface area contributed by atoms with Crippen LogP contribution in [0.5, 0.6) is 0 Å². The van der Waals surface area contributed by atoms with Crippen molar-refractivity contribution in [3.63, 3.8) is 0 Å². The summed E-state index contributed by atoms with van der Waals surface area (Å²) >= 11 is 0. The van der Waals surface area contributed by atoms with E-state index in [-0.39, 0.29) is 6.61 Å². The van der Waals surface area contributed by atoms with Crippen LogP contribution in [0.2, 0.25) is 0 Å². The first-order valence-electron chi connectivity index (χ1n) is 11.0. The summed E-state index contributed by atoms with van der Waals surface area (Å²) in [6, 6.07) is 28.1. The zero-order chi connectivity index (χ0) is 23.0. The van der Waals surface area contributed by atoms with Gasteiger partial charge in [-0.3, -0.25) is 0 Å². The van der Waals surface area contributed by atoms with Gasteiger partial charge >= 0.3 is 5.97 Å². The fourth-order valence-corrected chi connectivity index (χ4v) is 3.84. The van der Waals surface area contributed by atoms with Gasteiger partial charge in [0.15, 0.2) is 12.4 Å². The standard InChI is InChI=1S/C27H28O6/c1-19-23(30-17-20-11-5-2-6-12-20)24(31-18-21-13-7-3-8-14-21)25(27(29)32-19)33-26(28)22-15-9-4-10-16-22/h2-16,19,23-25,27,29H,17-18H2,1H3. The molecular weight excluding hydrogens is 420 g/mol. The predicted octanol–water partition coefficient (Wildman–Crippen LogP) is 4.12. The molecule has 0 bridgehead atoms. The summed E-state index contributed by atoms with van der Waals surface area (Å²) < 4.78 is 23.8. The van der Waals surface area contributed by atoms with Gasteiger partial charge in [-0.2, -0.15) is 0 Å².